The Morgan fingerprint density at radius 1 is 0.623 bits per heavy atom. The average Bonchev–Trinajstić information content (AvgIpc) is 4.06. The zero-order chi connectivity index (χ0) is 58.2. The van der Waals surface area contributed by atoms with Gasteiger partial charge in [0.05, 0.1) is 0 Å². The summed E-state index contributed by atoms with van der Waals surface area (Å²) in [6.45, 7) is 44.1. The third-order valence-electron chi connectivity index (χ3n) is 19.8. The van der Waals surface area contributed by atoms with Crippen molar-refractivity contribution in [3.8, 4) is 0 Å². The van der Waals surface area contributed by atoms with Crippen LogP contribution in [0.15, 0.2) is 93.7 Å². The summed E-state index contributed by atoms with van der Waals surface area (Å²) in [5.74, 6) is 8.22. The van der Waals surface area contributed by atoms with E-state index in [1.807, 2.05) is 52.0 Å². The molecule has 0 aromatic carbocycles. The van der Waals surface area contributed by atoms with Gasteiger partial charge in [-0.05, 0) is 211 Å². The molecule has 0 N–H and O–H groups in total. The molecule has 3 fully saturated rings. The van der Waals surface area contributed by atoms with Crippen molar-refractivity contribution in [1.82, 2.24) is 0 Å². The molecule has 0 aromatic heterocycles. The van der Waals surface area contributed by atoms with Crippen LogP contribution in [0.1, 0.15) is 209 Å². The first-order valence-electron chi connectivity index (χ1n) is 29.9. The Morgan fingerprint density at radius 2 is 1.22 bits per heavy atom. The molecule has 3 saturated carbocycles. The molecular formula is C70H104O7. The minimum absolute atomic E-state index is 0.0596. The zero-order valence-electron chi connectivity index (χ0n) is 51.7. The number of ketones is 6. The monoisotopic (exact) mass is 1060 g/mol. The maximum Gasteiger partial charge on any atom is 0.162 e. The van der Waals surface area contributed by atoms with Crippen molar-refractivity contribution in [2.24, 2.45) is 93.2 Å². The van der Waals surface area contributed by atoms with Gasteiger partial charge in [0.25, 0.3) is 0 Å². The molecule has 12 rings (SSSR count). The van der Waals surface area contributed by atoms with Gasteiger partial charge in [0, 0.05) is 35.5 Å². The van der Waals surface area contributed by atoms with Crippen LogP contribution in [0, 0.1) is 93.2 Å². The summed E-state index contributed by atoms with van der Waals surface area (Å²) in [5.41, 5.74) is 10.2. The third-order valence-corrected chi connectivity index (χ3v) is 19.8. The van der Waals surface area contributed by atoms with Crippen molar-refractivity contribution >= 4 is 41.0 Å². The Bertz CT molecular complexity index is 2460. The first kappa shape index (κ1) is 65.1. The third kappa shape index (κ3) is 15.9. The average molecular weight is 1060 g/mol. The van der Waals surface area contributed by atoms with Crippen LogP contribution in [-0.4, -0.2) is 41.0 Å². The van der Waals surface area contributed by atoms with Crippen molar-refractivity contribution in [2.75, 3.05) is 0 Å². The number of carbonyl (C=O) groups excluding carboxylic acids is 7. The number of hydrogen-bond acceptors (Lipinski definition) is 7. The molecule has 4 bridgehead atoms. The minimum Gasteiger partial charge on any atom is -0.298 e. The number of Topliss-reactive ketones (excluding diaryl/α,β-unsaturated/α-hetero) is 1. The molecule has 0 aromatic rings. The SMILES string of the molecule is C=C(C)C1CCC(C)=CC1=O.CC(C)C1=CC(=O)C(C)CC1.CC1(C)C2CC=C(C=O)C1C2.CC1=CC(=O)C(C(C)C)CC1.CC1=CC(=O)C2(C(C)C)CC12.CC1=CC(=O)C2CC1C2(C)C.CC1CC=C(C(C)C)C(=O)C1. The van der Waals surface area contributed by atoms with Gasteiger partial charge in [-0.3, -0.25) is 33.6 Å². The van der Waals surface area contributed by atoms with Gasteiger partial charge in [-0.1, -0.05) is 149 Å². The predicted molar refractivity (Wildman–Crippen MR) is 318 cm³/mol. The van der Waals surface area contributed by atoms with E-state index >= 15 is 0 Å². The summed E-state index contributed by atoms with van der Waals surface area (Å²) in [6.07, 6.45) is 27.1. The Labute approximate surface area is 468 Å². The van der Waals surface area contributed by atoms with E-state index in [0.717, 1.165) is 99.6 Å². The van der Waals surface area contributed by atoms with E-state index in [9.17, 15) is 33.6 Å². The highest BCUT2D eigenvalue weighted by molar-refractivity contribution is 6.02. The van der Waals surface area contributed by atoms with E-state index in [0.29, 0.717) is 93.5 Å². The van der Waals surface area contributed by atoms with Gasteiger partial charge < -0.3 is 0 Å². The van der Waals surface area contributed by atoms with E-state index in [-0.39, 0.29) is 28.4 Å². The van der Waals surface area contributed by atoms with Crippen LogP contribution in [-0.2, 0) is 33.6 Å². The number of aldehydes is 1. The van der Waals surface area contributed by atoms with Crippen LogP contribution < -0.4 is 0 Å². The lowest BCUT2D eigenvalue weighted by molar-refractivity contribution is -0.134. The van der Waals surface area contributed by atoms with E-state index < -0.39 is 0 Å². The number of fused-ring (bicyclic) bond motifs is 3. The van der Waals surface area contributed by atoms with Gasteiger partial charge in [0.2, 0.25) is 0 Å². The van der Waals surface area contributed by atoms with Gasteiger partial charge >= 0.3 is 0 Å². The first-order chi connectivity index (χ1) is 35.7. The fourth-order valence-corrected chi connectivity index (χ4v) is 13.5. The molecular weight excluding hydrogens is 953 g/mol. The highest BCUT2D eigenvalue weighted by atomic mass is 16.1. The first-order valence-corrected chi connectivity index (χ1v) is 29.9. The van der Waals surface area contributed by atoms with Gasteiger partial charge in [0.1, 0.15) is 6.29 Å². The lowest BCUT2D eigenvalue weighted by Crippen LogP contribution is -2.51. The highest BCUT2D eigenvalue weighted by Gasteiger charge is 2.64. The van der Waals surface area contributed by atoms with Gasteiger partial charge in [-0.15, -0.1) is 0 Å². The standard InChI is InChI=1S/3C10H14O.3C10H16O.C10H14O/c1-6-4-9(11)8-5-7(6)10(8,2)3;1-6(2)10-5-8(10)7(3)4-9(10)11;1-10(2)8-4-3-7(6-11)9(10)5-8;1-7(2)9-5-4-8(3)10(11)6-9;3*1-7(2)9-5-4-8(3)6-10(9)11/h4,7-8H,5H2,1-3H3;4,6,8H,5H2,1-3H3;3,6,8-9H,4-5H2,1-2H3;6-8H,4-5H2,1-3H3;6-7,9H,4-5H2,1-3H3;5,7-8H,4,6H2,1-3H3;6,9H,1,4-5H2,2-3H3. The molecule has 10 unspecified atom stereocenters. The van der Waals surface area contributed by atoms with Crippen molar-refractivity contribution in [3.63, 3.8) is 0 Å². The molecule has 0 saturated heterocycles. The lowest BCUT2D eigenvalue weighted by Gasteiger charge is -2.55. The molecule has 0 heterocycles. The van der Waals surface area contributed by atoms with Crippen molar-refractivity contribution in [3.05, 3.63) is 93.7 Å². The highest BCUT2D eigenvalue weighted by Crippen LogP contribution is 2.65. The topological polar surface area (TPSA) is 119 Å². The molecule has 77 heavy (non-hydrogen) atoms. The molecule has 426 valence electrons. The molecule has 0 amide bonds. The van der Waals surface area contributed by atoms with Crippen LogP contribution in [0.4, 0.5) is 0 Å². The molecule has 0 spiro atoms. The Morgan fingerprint density at radius 3 is 1.60 bits per heavy atom. The van der Waals surface area contributed by atoms with Crippen LogP contribution in [0.5, 0.6) is 0 Å². The number of allylic oxidation sites excluding steroid dienone is 15. The molecule has 12 aliphatic rings. The predicted octanol–water partition coefficient (Wildman–Crippen LogP) is 16.7. The summed E-state index contributed by atoms with van der Waals surface area (Å²) in [4.78, 5) is 78.8. The molecule has 7 nitrogen and oxygen atoms in total. The molecule has 0 radical (unpaired) electrons. The van der Waals surface area contributed by atoms with Crippen LogP contribution >= 0.6 is 0 Å². The van der Waals surface area contributed by atoms with E-state index in [2.05, 4.69) is 123 Å². The molecule has 10 atom stereocenters. The summed E-state index contributed by atoms with van der Waals surface area (Å²) < 4.78 is 0. The maximum absolute atomic E-state index is 11.5. The maximum atomic E-state index is 11.5. The summed E-state index contributed by atoms with van der Waals surface area (Å²) >= 11 is 0. The van der Waals surface area contributed by atoms with Gasteiger partial charge in [-0.25, -0.2) is 0 Å². The van der Waals surface area contributed by atoms with Crippen LogP contribution in [0.3, 0.4) is 0 Å². The Hall–Kier alpha value is -4.39. The van der Waals surface area contributed by atoms with Crippen molar-refractivity contribution in [2.45, 2.75) is 209 Å². The van der Waals surface area contributed by atoms with Crippen LogP contribution in [0.2, 0.25) is 0 Å². The van der Waals surface area contributed by atoms with E-state index in [1.54, 1.807) is 6.08 Å². The second-order valence-corrected chi connectivity index (χ2v) is 27.6. The van der Waals surface area contributed by atoms with Crippen molar-refractivity contribution in [1.29, 1.82) is 0 Å². The lowest BCUT2D eigenvalue weighted by atomic mass is 9.49. The Kier molecular flexibility index (Phi) is 23.0. The van der Waals surface area contributed by atoms with Gasteiger partial charge in [0.15, 0.2) is 34.7 Å². The smallest absolute Gasteiger partial charge is 0.162 e. The number of carbonyl (C=O) groups is 7. The summed E-state index contributed by atoms with van der Waals surface area (Å²) in [7, 11) is 0. The van der Waals surface area contributed by atoms with E-state index in [1.165, 1.54) is 34.3 Å². The minimum atomic E-state index is 0.0596. The number of hydrogen-bond donors (Lipinski definition) is 0. The summed E-state index contributed by atoms with van der Waals surface area (Å²) in [5, 5.41) is 0. The molecule has 7 heteroatoms. The molecule has 12 aliphatic carbocycles. The second-order valence-electron chi connectivity index (χ2n) is 27.6. The van der Waals surface area contributed by atoms with Crippen molar-refractivity contribution < 1.29 is 33.6 Å². The largest absolute Gasteiger partial charge is 0.298 e. The normalized spacial score (nSPS) is 31.6. The Balaban J connectivity index is 0.000000194. The zero-order valence-corrected chi connectivity index (χ0v) is 51.7. The van der Waals surface area contributed by atoms with Crippen LogP contribution in [0.25, 0.3) is 0 Å². The van der Waals surface area contributed by atoms with E-state index in [4.69, 9.17) is 0 Å². The van der Waals surface area contributed by atoms with Gasteiger partial charge in [-0.2, -0.15) is 0 Å². The fourth-order valence-electron chi connectivity index (χ4n) is 13.5. The second kappa shape index (κ2) is 27.2. The quantitative estimate of drug-likeness (QED) is 0.192. The molecule has 0 aliphatic heterocycles. The summed E-state index contributed by atoms with van der Waals surface area (Å²) in [6, 6.07) is 0. The number of rotatable bonds is 6. The fraction of sp³-hybridized carbons (Fsp3) is 0.671.